The van der Waals surface area contributed by atoms with Gasteiger partial charge in [-0.2, -0.15) is 5.01 Å². The summed E-state index contributed by atoms with van der Waals surface area (Å²) >= 11 is 5.99. The molecule has 2 aromatic rings. The first-order valence-electron chi connectivity index (χ1n) is 11.2. The summed E-state index contributed by atoms with van der Waals surface area (Å²) in [7, 11) is 0. The molecule has 3 amide bonds. The fourth-order valence-electron chi connectivity index (χ4n) is 5.46. The number of carbonyl (C=O) groups excluding carboxylic acids is 4. The number of carbonyl (C=O) groups is 4. The Hall–Kier alpha value is -3.25. The number of nitrogens with zero attached hydrogens (tertiary/aromatic N) is 2. The molecule has 0 spiro atoms. The van der Waals surface area contributed by atoms with Crippen molar-refractivity contribution in [3.05, 3.63) is 82.9 Å². The van der Waals surface area contributed by atoms with Crippen LogP contribution in [0, 0.1) is 23.7 Å². The Labute approximate surface area is 196 Å². The Bertz CT molecular complexity index is 1130. The summed E-state index contributed by atoms with van der Waals surface area (Å²) in [4.78, 5) is 54.3. The van der Waals surface area contributed by atoms with Crippen molar-refractivity contribution in [2.75, 3.05) is 0 Å². The van der Waals surface area contributed by atoms with Crippen molar-refractivity contribution in [2.24, 2.45) is 23.7 Å². The third-order valence-corrected chi connectivity index (χ3v) is 7.26. The summed E-state index contributed by atoms with van der Waals surface area (Å²) in [6.07, 6.45) is 5.02. The minimum absolute atomic E-state index is 0.00108. The number of hydrogen-bond acceptors (Lipinski definition) is 4. The number of benzene rings is 2. The number of imide groups is 1. The zero-order valence-electron chi connectivity index (χ0n) is 18.1. The minimum atomic E-state index is -1.01. The Morgan fingerprint density at radius 1 is 0.939 bits per heavy atom. The smallest absolute Gasteiger partial charge is 0.273 e. The molecule has 6 nitrogen and oxygen atoms in total. The zero-order valence-corrected chi connectivity index (χ0v) is 18.8. The second-order valence-electron chi connectivity index (χ2n) is 8.80. The lowest BCUT2D eigenvalue weighted by Gasteiger charge is -2.36. The van der Waals surface area contributed by atoms with Crippen LogP contribution >= 0.6 is 11.6 Å². The lowest BCUT2D eigenvalue weighted by molar-refractivity contribution is -0.157. The second-order valence-corrected chi connectivity index (χ2v) is 9.24. The van der Waals surface area contributed by atoms with E-state index < -0.39 is 35.6 Å². The summed E-state index contributed by atoms with van der Waals surface area (Å²) in [5.74, 6) is -2.65. The third kappa shape index (κ3) is 3.40. The molecule has 1 saturated heterocycles. The van der Waals surface area contributed by atoms with Crippen molar-refractivity contribution in [1.82, 2.24) is 10.0 Å². The van der Waals surface area contributed by atoms with E-state index in [1.807, 2.05) is 12.2 Å². The van der Waals surface area contributed by atoms with Crippen LogP contribution in [0.5, 0.6) is 0 Å². The lowest BCUT2D eigenvalue weighted by atomic mass is 9.85. The Kier molecular flexibility index (Phi) is 5.41. The highest BCUT2D eigenvalue weighted by Gasteiger charge is 2.62. The molecular weight excluding hydrogens is 440 g/mol. The van der Waals surface area contributed by atoms with Crippen molar-refractivity contribution in [2.45, 2.75) is 25.8 Å². The topological polar surface area (TPSA) is 74.8 Å². The monoisotopic (exact) mass is 462 g/mol. The summed E-state index contributed by atoms with van der Waals surface area (Å²) < 4.78 is 0. The number of hydrogen-bond donors (Lipinski definition) is 0. The molecule has 7 heteroatoms. The Balaban J connectivity index is 1.58. The van der Waals surface area contributed by atoms with E-state index in [0.29, 0.717) is 10.6 Å². The average Bonchev–Trinajstić information content (AvgIpc) is 3.52. The van der Waals surface area contributed by atoms with Crippen molar-refractivity contribution >= 4 is 35.1 Å². The molecule has 2 bridgehead atoms. The molecule has 2 fully saturated rings. The molecule has 2 aromatic carbocycles. The highest BCUT2D eigenvalue weighted by molar-refractivity contribution is 6.30. The minimum Gasteiger partial charge on any atom is -0.292 e. The van der Waals surface area contributed by atoms with Gasteiger partial charge in [0.15, 0.2) is 5.78 Å². The van der Waals surface area contributed by atoms with Crippen LogP contribution in [0.25, 0.3) is 0 Å². The van der Waals surface area contributed by atoms with Gasteiger partial charge in [0.25, 0.3) is 17.7 Å². The largest absolute Gasteiger partial charge is 0.292 e. The number of hydrazine groups is 1. The van der Waals surface area contributed by atoms with Gasteiger partial charge in [-0.1, -0.05) is 61.0 Å². The number of ketones is 1. The predicted octanol–water partition coefficient (Wildman–Crippen LogP) is 4.17. The first-order valence-corrected chi connectivity index (χ1v) is 11.5. The maximum Gasteiger partial charge on any atom is 0.273 e. The molecule has 0 aromatic heterocycles. The van der Waals surface area contributed by atoms with Crippen LogP contribution in [0.15, 0.2) is 66.7 Å². The van der Waals surface area contributed by atoms with Crippen LogP contribution in [-0.4, -0.2) is 39.6 Å². The van der Waals surface area contributed by atoms with E-state index in [-0.39, 0.29) is 29.6 Å². The van der Waals surface area contributed by atoms with Gasteiger partial charge < -0.3 is 0 Å². The molecule has 0 unspecified atom stereocenters. The maximum atomic E-state index is 13.7. The van der Waals surface area contributed by atoms with Gasteiger partial charge in [0.1, 0.15) is 6.04 Å². The third-order valence-electron chi connectivity index (χ3n) is 7.00. The van der Waals surface area contributed by atoms with E-state index in [4.69, 9.17) is 11.6 Å². The van der Waals surface area contributed by atoms with Crippen LogP contribution < -0.4 is 0 Å². The van der Waals surface area contributed by atoms with E-state index in [2.05, 4.69) is 0 Å². The highest BCUT2D eigenvalue weighted by Crippen LogP contribution is 2.53. The molecule has 5 rings (SSSR count). The van der Waals surface area contributed by atoms with Crippen LogP contribution in [0.4, 0.5) is 0 Å². The van der Waals surface area contributed by atoms with Gasteiger partial charge in [0.2, 0.25) is 0 Å². The van der Waals surface area contributed by atoms with Crippen LogP contribution in [0.2, 0.25) is 5.02 Å². The highest BCUT2D eigenvalue weighted by atomic mass is 35.5. The molecule has 168 valence electrons. The second kappa shape index (κ2) is 8.27. The van der Waals surface area contributed by atoms with Gasteiger partial charge in [-0.15, -0.1) is 0 Å². The van der Waals surface area contributed by atoms with E-state index in [1.165, 1.54) is 12.1 Å². The van der Waals surface area contributed by atoms with Crippen molar-refractivity contribution < 1.29 is 19.2 Å². The molecule has 1 aliphatic heterocycles. The standard InChI is InChI=1S/C26H23ClN2O4/c1-2-20(23(30)15-6-4-3-5-7-15)28(24(31)16-10-12-19(27)13-11-16)29-25(32)21-17-8-9-18(14-17)22(21)26(29)33/h3-13,17-18,20-22H,2,14H2,1H3/t17-,18-,20+,21-,22-/m0/s1. The summed E-state index contributed by atoms with van der Waals surface area (Å²) in [6, 6.07) is 13.8. The quantitative estimate of drug-likeness (QED) is 0.367. The number of amides is 3. The fraction of sp³-hybridized carbons (Fsp3) is 0.308. The number of halogens is 1. The SMILES string of the molecule is CC[C@H](C(=O)c1ccccc1)N(C(=O)c1ccc(Cl)cc1)N1C(=O)[C@@H]2[C@@H](C1=O)[C@H]1C=C[C@H]2C1. The zero-order chi connectivity index (χ0) is 23.3. The summed E-state index contributed by atoms with van der Waals surface area (Å²) in [5.41, 5.74) is 0.664. The average molecular weight is 463 g/mol. The van der Waals surface area contributed by atoms with E-state index in [0.717, 1.165) is 16.4 Å². The number of allylic oxidation sites excluding steroid dienone is 2. The molecule has 0 N–H and O–H groups in total. The first-order chi connectivity index (χ1) is 15.9. The van der Waals surface area contributed by atoms with E-state index >= 15 is 0 Å². The van der Waals surface area contributed by atoms with Crippen LogP contribution in [0.1, 0.15) is 40.5 Å². The first kappa shape index (κ1) is 21.6. The summed E-state index contributed by atoms with van der Waals surface area (Å²) in [5, 5.41) is 2.52. The van der Waals surface area contributed by atoms with Gasteiger partial charge in [-0.05, 0) is 48.9 Å². The van der Waals surface area contributed by atoms with Gasteiger partial charge >= 0.3 is 0 Å². The fourth-order valence-corrected chi connectivity index (χ4v) is 5.59. The lowest BCUT2D eigenvalue weighted by Crippen LogP contribution is -2.57. The molecular formula is C26H23ClN2O4. The molecule has 5 atom stereocenters. The molecule has 1 saturated carbocycles. The molecule has 2 aliphatic carbocycles. The van der Waals surface area contributed by atoms with Crippen molar-refractivity contribution in [1.29, 1.82) is 0 Å². The van der Waals surface area contributed by atoms with Crippen LogP contribution in [-0.2, 0) is 9.59 Å². The van der Waals surface area contributed by atoms with E-state index in [1.54, 1.807) is 49.4 Å². The number of fused-ring (bicyclic) bond motifs is 5. The van der Waals surface area contributed by atoms with Crippen LogP contribution in [0.3, 0.4) is 0 Å². The Morgan fingerprint density at radius 2 is 1.52 bits per heavy atom. The molecule has 0 radical (unpaired) electrons. The normalized spacial score (nSPS) is 25.9. The molecule has 33 heavy (non-hydrogen) atoms. The van der Waals surface area contributed by atoms with Gasteiger partial charge in [-0.25, -0.2) is 5.01 Å². The van der Waals surface area contributed by atoms with Gasteiger partial charge in [0, 0.05) is 16.1 Å². The van der Waals surface area contributed by atoms with Gasteiger partial charge in [0.05, 0.1) is 11.8 Å². The molecule has 3 aliphatic rings. The van der Waals surface area contributed by atoms with E-state index in [9.17, 15) is 19.2 Å². The number of rotatable bonds is 6. The number of Topliss-reactive ketones (excluding diaryl/α,β-unsaturated/α-hetero) is 1. The van der Waals surface area contributed by atoms with Gasteiger partial charge in [-0.3, -0.25) is 19.2 Å². The molecule has 1 heterocycles. The van der Waals surface area contributed by atoms with Crippen molar-refractivity contribution in [3.63, 3.8) is 0 Å². The Morgan fingerprint density at radius 3 is 2.06 bits per heavy atom. The maximum absolute atomic E-state index is 13.7. The van der Waals surface area contributed by atoms with Crippen molar-refractivity contribution in [3.8, 4) is 0 Å². The summed E-state index contributed by atoms with van der Waals surface area (Å²) in [6.45, 7) is 1.77. The predicted molar refractivity (Wildman–Crippen MR) is 122 cm³/mol.